The molecule has 0 fully saturated rings. The van der Waals surface area contributed by atoms with Gasteiger partial charge in [0.15, 0.2) is 0 Å². The van der Waals surface area contributed by atoms with E-state index in [1.54, 1.807) is 12.2 Å². The topological polar surface area (TPSA) is 92.4 Å². The molecule has 1 unspecified atom stereocenters. The number of carbonyl (C=O) groups excluding carboxylic acids is 2. The van der Waals surface area contributed by atoms with Crippen LogP contribution in [0.15, 0.2) is 42.5 Å². The zero-order chi connectivity index (χ0) is 19.2. The van der Waals surface area contributed by atoms with E-state index in [0.717, 1.165) is 24.8 Å². The number of amides is 2. The molecule has 1 rings (SSSR count). The Hall–Kier alpha value is -2.14. The fraction of sp³-hybridized carbons (Fsp3) is 0.524. The molecule has 0 saturated heterocycles. The Morgan fingerprint density at radius 3 is 2.46 bits per heavy atom. The molecule has 26 heavy (non-hydrogen) atoms. The molecule has 0 saturated carbocycles. The summed E-state index contributed by atoms with van der Waals surface area (Å²) in [4.78, 5) is 23.3. The Morgan fingerprint density at radius 1 is 1.12 bits per heavy atom. The van der Waals surface area contributed by atoms with Crippen LogP contribution in [0.3, 0.4) is 0 Å². The van der Waals surface area contributed by atoms with Crippen molar-refractivity contribution in [2.45, 2.75) is 70.4 Å². The SMILES string of the molecule is CCCCCCCC(=O)N[C@@H](/C=C/C(O)Cc1ccccc1)CC(N)=O. The first-order valence-electron chi connectivity index (χ1n) is 9.49. The summed E-state index contributed by atoms with van der Waals surface area (Å²) in [6.45, 7) is 2.15. The third kappa shape index (κ3) is 10.7. The van der Waals surface area contributed by atoms with Crippen LogP contribution in [-0.2, 0) is 16.0 Å². The minimum atomic E-state index is -0.682. The third-order valence-corrected chi connectivity index (χ3v) is 4.13. The Labute approximate surface area is 156 Å². The van der Waals surface area contributed by atoms with Crippen LogP contribution < -0.4 is 11.1 Å². The monoisotopic (exact) mass is 360 g/mol. The number of nitrogens with one attached hydrogen (secondary N) is 1. The zero-order valence-corrected chi connectivity index (χ0v) is 15.7. The summed E-state index contributed by atoms with van der Waals surface area (Å²) in [7, 11) is 0. The van der Waals surface area contributed by atoms with E-state index in [-0.39, 0.29) is 12.3 Å². The van der Waals surface area contributed by atoms with Gasteiger partial charge in [-0.1, -0.05) is 75.1 Å². The Morgan fingerprint density at radius 2 is 1.81 bits per heavy atom. The maximum atomic E-state index is 12.0. The maximum absolute atomic E-state index is 12.0. The van der Waals surface area contributed by atoms with E-state index in [1.165, 1.54) is 12.8 Å². The molecule has 0 aliphatic heterocycles. The number of rotatable bonds is 13. The minimum Gasteiger partial charge on any atom is -0.389 e. The normalized spacial score (nSPS) is 13.5. The molecule has 0 aliphatic carbocycles. The molecule has 0 spiro atoms. The van der Waals surface area contributed by atoms with Crippen molar-refractivity contribution in [1.82, 2.24) is 5.32 Å². The first-order valence-corrected chi connectivity index (χ1v) is 9.49. The second-order valence-electron chi connectivity index (χ2n) is 6.65. The zero-order valence-electron chi connectivity index (χ0n) is 15.7. The van der Waals surface area contributed by atoms with Gasteiger partial charge in [0.1, 0.15) is 0 Å². The Bertz CT molecular complexity index is 558. The summed E-state index contributed by atoms with van der Waals surface area (Å²) >= 11 is 0. The molecule has 2 atom stereocenters. The number of primary amides is 1. The molecule has 144 valence electrons. The van der Waals surface area contributed by atoms with Crippen molar-refractivity contribution < 1.29 is 14.7 Å². The average Bonchev–Trinajstić information content (AvgIpc) is 2.60. The van der Waals surface area contributed by atoms with Crippen molar-refractivity contribution in [2.24, 2.45) is 5.73 Å². The molecule has 0 aromatic heterocycles. The smallest absolute Gasteiger partial charge is 0.220 e. The predicted molar refractivity (Wildman–Crippen MR) is 104 cm³/mol. The molecule has 5 heteroatoms. The van der Waals surface area contributed by atoms with Gasteiger partial charge in [-0.3, -0.25) is 9.59 Å². The van der Waals surface area contributed by atoms with Gasteiger partial charge in [-0.15, -0.1) is 0 Å². The van der Waals surface area contributed by atoms with Crippen molar-refractivity contribution in [1.29, 1.82) is 0 Å². The van der Waals surface area contributed by atoms with Crippen LogP contribution in [-0.4, -0.2) is 29.1 Å². The highest BCUT2D eigenvalue weighted by molar-refractivity contribution is 5.79. The minimum absolute atomic E-state index is 0.0239. The quantitative estimate of drug-likeness (QED) is 0.373. The van der Waals surface area contributed by atoms with Crippen LogP contribution in [0.2, 0.25) is 0 Å². The van der Waals surface area contributed by atoms with Gasteiger partial charge in [-0.2, -0.15) is 0 Å². The van der Waals surface area contributed by atoms with Gasteiger partial charge in [-0.05, 0) is 12.0 Å². The fourth-order valence-electron chi connectivity index (χ4n) is 2.74. The van der Waals surface area contributed by atoms with E-state index in [1.807, 2.05) is 30.3 Å². The predicted octanol–water partition coefficient (Wildman–Crippen LogP) is 2.87. The van der Waals surface area contributed by atoms with Crippen LogP contribution >= 0.6 is 0 Å². The lowest BCUT2D eigenvalue weighted by Gasteiger charge is -2.14. The fourth-order valence-corrected chi connectivity index (χ4v) is 2.74. The highest BCUT2D eigenvalue weighted by Crippen LogP contribution is 2.07. The molecule has 0 bridgehead atoms. The lowest BCUT2D eigenvalue weighted by Crippen LogP contribution is -2.36. The van der Waals surface area contributed by atoms with Crippen molar-refractivity contribution in [3.63, 3.8) is 0 Å². The second kappa shape index (κ2) is 13.1. The first-order chi connectivity index (χ1) is 12.5. The summed E-state index contributed by atoms with van der Waals surface area (Å²) in [6.07, 6.45) is 8.91. The molecule has 0 heterocycles. The number of aliphatic hydroxyl groups is 1. The molecular formula is C21H32N2O3. The summed E-state index contributed by atoms with van der Waals surface area (Å²) in [5, 5.41) is 12.9. The third-order valence-electron chi connectivity index (χ3n) is 4.13. The Balaban J connectivity index is 2.46. The van der Waals surface area contributed by atoms with Gasteiger partial charge >= 0.3 is 0 Å². The van der Waals surface area contributed by atoms with Gasteiger partial charge in [0.2, 0.25) is 11.8 Å². The van der Waals surface area contributed by atoms with E-state index < -0.39 is 18.1 Å². The molecule has 0 aliphatic rings. The van der Waals surface area contributed by atoms with E-state index >= 15 is 0 Å². The van der Waals surface area contributed by atoms with Crippen LogP contribution in [0.1, 0.15) is 57.4 Å². The lowest BCUT2D eigenvalue weighted by atomic mass is 10.1. The summed E-state index contributed by atoms with van der Waals surface area (Å²) in [5.74, 6) is -0.574. The van der Waals surface area contributed by atoms with Gasteiger partial charge in [0, 0.05) is 12.8 Å². The molecule has 0 radical (unpaired) electrons. The van der Waals surface area contributed by atoms with Crippen molar-refractivity contribution in [2.75, 3.05) is 0 Å². The average molecular weight is 360 g/mol. The lowest BCUT2D eigenvalue weighted by molar-refractivity contribution is -0.122. The van der Waals surface area contributed by atoms with Gasteiger partial charge < -0.3 is 16.2 Å². The number of carbonyl (C=O) groups is 2. The van der Waals surface area contributed by atoms with Crippen LogP contribution in [0.5, 0.6) is 0 Å². The van der Waals surface area contributed by atoms with Crippen molar-refractivity contribution >= 4 is 11.8 Å². The highest BCUT2D eigenvalue weighted by Gasteiger charge is 2.13. The largest absolute Gasteiger partial charge is 0.389 e. The molecule has 4 N–H and O–H groups in total. The van der Waals surface area contributed by atoms with Crippen LogP contribution in [0, 0.1) is 0 Å². The number of hydrogen-bond donors (Lipinski definition) is 3. The second-order valence-corrected chi connectivity index (χ2v) is 6.65. The number of aliphatic hydroxyl groups excluding tert-OH is 1. The number of nitrogens with two attached hydrogens (primary N) is 1. The Kier molecular flexibility index (Phi) is 11.0. The van der Waals surface area contributed by atoms with E-state index in [2.05, 4.69) is 12.2 Å². The standard InChI is InChI=1S/C21H32N2O3/c1-2-3-4-5-9-12-21(26)23-18(16-20(22)25)13-14-19(24)15-17-10-7-6-8-11-17/h6-8,10-11,13-14,18-19,24H,2-5,9,12,15-16H2,1H3,(H2,22,25)(H,23,26)/b14-13+/t18-,19?/m0/s1. The maximum Gasteiger partial charge on any atom is 0.220 e. The number of benzene rings is 1. The van der Waals surface area contributed by atoms with E-state index in [9.17, 15) is 14.7 Å². The van der Waals surface area contributed by atoms with Crippen LogP contribution in [0.25, 0.3) is 0 Å². The van der Waals surface area contributed by atoms with E-state index in [4.69, 9.17) is 5.73 Å². The van der Waals surface area contributed by atoms with E-state index in [0.29, 0.717) is 12.8 Å². The van der Waals surface area contributed by atoms with Crippen LogP contribution in [0.4, 0.5) is 0 Å². The highest BCUT2D eigenvalue weighted by atomic mass is 16.3. The molecule has 2 amide bonds. The first kappa shape index (κ1) is 21.9. The number of hydrogen-bond acceptors (Lipinski definition) is 3. The van der Waals surface area contributed by atoms with Gasteiger partial charge in [-0.25, -0.2) is 0 Å². The summed E-state index contributed by atoms with van der Waals surface area (Å²) < 4.78 is 0. The van der Waals surface area contributed by atoms with Gasteiger partial charge in [0.25, 0.3) is 0 Å². The van der Waals surface area contributed by atoms with Gasteiger partial charge in [0.05, 0.1) is 18.6 Å². The summed E-state index contributed by atoms with van der Waals surface area (Å²) in [6, 6.07) is 9.16. The summed E-state index contributed by atoms with van der Waals surface area (Å²) in [5.41, 5.74) is 6.29. The van der Waals surface area contributed by atoms with Crippen molar-refractivity contribution in [3.8, 4) is 0 Å². The molecule has 1 aromatic carbocycles. The molecule has 5 nitrogen and oxygen atoms in total. The molecular weight excluding hydrogens is 328 g/mol. The molecule has 1 aromatic rings. The van der Waals surface area contributed by atoms with Crippen molar-refractivity contribution in [3.05, 3.63) is 48.0 Å². The number of unbranched alkanes of at least 4 members (excludes halogenated alkanes) is 4.